The number of carbonyl (C=O) groups is 2. The lowest BCUT2D eigenvalue weighted by Crippen LogP contribution is -2.52. The average molecular weight is 338 g/mol. The Morgan fingerprint density at radius 1 is 1.27 bits per heavy atom. The van der Waals surface area contributed by atoms with Crippen LogP contribution in [-0.2, 0) is 4.79 Å². The minimum Gasteiger partial charge on any atom is -0.353 e. The number of thiophene rings is 1. The molecule has 1 aromatic heterocycles. The molecule has 1 aromatic rings. The quantitative estimate of drug-likeness (QED) is 0.918. The third-order valence-electron chi connectivity index (χ3n) is 4.33. The zero-order valence-electron chi connectivity index (χ0n) is 12.6. The first-order valence-corrected chi connectivity index (χ1v) is 9.92. The lowest BCUT2D eigenvalue weighted by Gasteiger charge is -2.34. The van der Waals surface area contributed by atoms with Crippen LogP contribution in [0.3, 0.4) is 0 Å². The molecule has 6 heteroatoms. The molecule has 0 unspecified atom stereocenters. The predicted molar refractivity (Wildman–Crippen MR) is 91.5 cm³/mol. The first-order valence-electron chi connectivity index (χ1n) is 7.99. The van der Waals surface area contributed by atoms with Crippen molar-refractivity contribution in [2.45, 2.75) is 43.4 Å². The first kappa shape index (κ1) is 15.9. The highest BCUT2D eigenvalue weighted by Crippen LogP contribution is 2.26. The minimum absolute atomic E-state index is 0.00471. The molecule has 120 valence electrons. The van der Waals surface area contributed by atoms with E-state index in [4.69, 9.17) is 0 Å². The van der Waals surface area contributed by atoms with Crippen LogP contribution in [0.15, 0.2) is 17.5 Å². The summed E-state index contributed by atoms with van der Waals surface area (Å²) in [5.41, 5.74) is 0. The molecule has 0 spiro atoms. The maximum atomic E-state index is 12.6. The summed E-state index contributed by atoms with van der Waals surface area (Å²) in [7, 11) is 0. The molecule has 0 radical (unpaired) electrons. The SMILES string of the molecule is O=C(NC[C@H]1CCCS1)[C@@H]1CCCCN1C(=O)c1cccs1. The van der Waals surface area contributed by atoms with Gasteiger partial charge < -0.3 is 10.2 Å². The van der Waals surface area contributed by atoms with Crippen LogP contribution in [0.1, 0.15) is 41.8 Å². The molecule has 1 N–H and O–H groups in total. The van der Waals surface area contributed by atoms with Gasteiger partial charge in [-0.3, -0.25) is 9.59 Å². The fraction of sp³-hybridized carbons (Fsp3) is 0.625. The number of amides is 2. The van der Waals surface area contributed by atoms with Crippen LogP contribution in [0, 0.1) is 0 Å². The minimum atomic E-state index is -0.297. The summed E-state index contributed by atoms with van der Waals surface area (Å²) >= 11 is 3.39. The topological polar surface area (TPSA) is 49.4 Å². The molecule has 2 fully saturated rings. The number of carbonyl (C=O) groups excluding carboxylic acids is 2. The zero-order valence-corrected chi connectivity index (χ0v) is 14.3. The molecule has 0 aliphatic carbocycles. The number of piperidine rings is 1. The third kappa shape index (κ3) is 3.66. The summed E-state index contributed by atoms with van der Waals surface area (Å²) in [5.74, 6) is 1.23. The Kier molecular flexibility index (Phi) is 5.41. The van der Waals surface area contributed by atoms with Gasteiger partial charge in [0.1, 0.15) is 6.04 Å². The Labute approximate surface area is 139 Å². The monoisotopic (exact) mass is 338 g/mol. The maximum absolute atomic E-state index is 12.6. The van der Waals surface area contributed by atoms with Crippen LogP contribution in [-0.4, -0.2) is 46.8 Å². The molecular weight excluding hydrogens is 316 g/mol. The second-order valence-electron chi connectivity index (χ2n) is 5.87. The third-order valence-corrected chi connectivity index (χ3v) is 6.58. The molecule has 2 atom stereocenters. The fourth-order valence-corrected chi connectivity index (χ4v) is 5.01. The standard InChI is InChI=1S/C16H22N2O2S2/c19-15(17-11-12-5-3-9-21-12)13-6-1-2-8-18(13)16(20)14-7-4-10-22-14/h4,7,10,12-13H,1-3,5-6,8-9,11H2,(H,17,19)/t12-,13+/m1/s1. The number of hydrogen-bond donors (Lipinski definition) is 1. The molecule has 0 bridgehead atoms. The summed E-state index contributed by atoms with van der Waals surface area (Å²) in [6.07, 6.45) is 5.22. The highest BCUT2D eigenvalue weighted by molar-refractivity contribution is 8.00. The highest BCUT2D eigenvalue weighted by Gasteiger charge is 2.33. The molecule has 4 nitrogen and oxygen atoms in total. The summed E-state index contributed by atoms with van der Waals surface area (Å²) in [6, 6.07) is 3.43. The van der Waals surface area contributed by atoms with Crippen molar-refractivity contribution in [1.29, 1.82) is 0 Å². The lowest BCUT2D eigenvalue weighted by molar-refractivity contribution is -0.126. The van der Waals surface area contributed by atoms with Gasteiger partial charge in [0.15, 0.2) is 0 Å². The van der Waals surface area contributed by atoms with Gasteiger partial charge in [0.2, 0.25) is 5.91 Å². The Hall–Kier alpha value is -1.01. The molecule has 3 rings (SSSR count). The largest absolute Gasteiger partial charge is 0.353 e. The van der Waals surface area contributed by atoms with Gasteiger partial charge in [-0.05, 0) is 49.3 Å². The van der Waals surface area contributed by atoms with E-state index in [1.54, 1.807) is 4.90 Å². The molecule has 2 aliphatic rings. The van der Waals surface area contributed by atoms with E-state index in [2.05, 4.69) is 5.32 Å². The van der Waals surface area contributed by atoms with Gasteiger partial charge >= 0.3 is 0 Å². The van der Waals surface area contributed by atoms with Gasteiger partial charge in [0, 0.05) is 18.3 Å². The van der Waals surface area contributed by atoms with Crippen molar-refractivity contribution in [2.24, 2.45) is 0 Å². The van der Waals surface area contributed by atoms with E-state index < -0.39 is 0 Å². The van der Waals surface area contributed by atoms with E-state index in [0.29, 0.717) is 11.8 Å². The van der Waals surface area contributed by atoms with E-state index in [0.717, 1.165) is 30.7 Å². The van der Waals surface area contributed by atoms with Gasteiger partial charge in [-0.25, -0.2) is 0 Å². The van der Waals surface area contributed by atoms with E-state index in [1.165, 1.54) is 29.9 Å². The molecule has 2 aliphatic heterocycles. The predicted octanol–water partition coefficient (Wildman–Crippen LogP) is 2.75. The molecule has 0 saturated carbocycles. The Bertz CT molecular complexity index is 512. The number of likely N-dealkylation sites (tertiary alicyclic amines) is 1. The molecule has 2 amide bonds. The van der Waals surface area contributed by atoms with Crippen molar-refractivity contribution in [3.63, 3.8) is 0 Å². The van der Waals surface area contributed by atoms with Crippen LogP contribution < -0.4 is 5.32 Å². The number of thioether (sulfide) groups is 1. The Morgan fingerprint density at radius 3 is 2.91 bits per heavy atom. The van der Waals surface area contributed by atoms with E-state index in [-0.39, 0.29) is 17.9 Å². The summed E-state index contributed by atoms with van der Waals surface area (Å²) in [4.78, 5) is 27.6. The second kappa shape index (κ2) is 7.51. The van der Waals surface area contributed by atoms with Gasteiger partial charge in [0.25, 0.3) is 5.91 Å². The van der Waals surface area contributed by atoms with Crippen molar-refractivity contribution in [2.75, 3.05) is 18.8 Å². The number of nitrogens with zero attached hydrogens (tertiary/aromatic N) is 1. The van der Waals surface area contributed by atoms with Crippen molar-refractivity contribution >= 4 is 34.9 Å². The van der Waals surface area contributed by atoms with Crippen molar-refractivity contribution in [3.05, 3.63) is 22.4 Å². The maximum Gasteiger partial charge on any atom is 0.264 e. The van der Waals surface area contributed by atoms with Crippen LogP contribution in [0.5, 0.6) is 0 Å². The summed E-state index contributed by atoms with van der Waals surface area (Å²) < 4.78 is 0. The van der Waals surface area contributed by atoms with Gasteiger partial charge in [0.05, 0.1) is 4.88 Å². The van der Waals surface area contributed by atoms with Crippen LogP contribution in [0.25, 0.3) is 0 Å². The van der Waals surface area contributed by atoms with Gasteiger partial charge in [-0.1, -0.05) is 6.07 Å². The average Bonchev–Trinajstić information content (AvgIpc) is 3.25. The molecule has 0 aromatic carbocycles. The van der Waals surface area contributed by atoms with Crippen molar-refractivity contribution in [3.8, 4) is 0 Å². The summed E-state index contributed by atoms with van der Waals surface area (Å²) in [5, 5.41) is 5.53. The Balaban J connectivity index is 1.61. The first-order chi connectivity index (χ1) is 10.8. The number of hydrogen-bond acceptors (Lipinski definition) is 4. The van der Waals surface area contributed by atoms with Crippen molar-refractivity contribution in [1.82, 2.24) is 10.2 Å². The number of rotatable bonds is 4. The fourth-order valence-electron chi connectivity index (χ4n) is 3.13. The second-order valence-corrected chi connectivity index (χ2v) is 8.22. The van der Waals surface area contributed by atoms with Gasteiger partial charge in [-0.2, -0.15) is 11.8 Å². The molecule has 2 saturated heterocycles. The Morgan fingerprint density at radius 2 is 2.18 bits per heavy atom. The van der Waals surface area contributed by atoms with Crippen LogP contribution >= 0.6 is 23.1 Å². The summed E-state index contributed by atoms with van der Waals surface area (Å²) in [6.45, 7) is 1.42. The molecule has 22 heavy (non-hydrogen) atoms. The van der Waals surface area contributed by atoms with Crippen LogP contribution in [0.2, 0.25) is 0 Å². The zero-order chi connectivity index (χ0) is 15.4. The van der Waals surface area contributed by atoms with E-state index in [9.17, 15) is 9.59 Å². The van der Waals surface area contributed by atoms with Crippen LogP contribution in [0.4, 0.5) is 0 Å². The highest BCUT2D eigenvalue weighted by atomic mass is 32.2. The van der Waals surface area contributed by atoms with E-state index in [1.807, 2.05) is 29.3 Å². The number of nitrogens with one attached hydrogen (secondary N) is 1. The molecular formula is C16H22N2O2S2. The molecule has 3 heterocycles. The van der Waals surface area contributed by atoms with Crippen molar-refractivity contribution < 1.29 is 9.59 Å². The van der Waals surface area contributed by atoms with E-state index >= 15 is 0 Å². The normalized spacial score (nSPS) is 25.2. The lowest BCUT2D eigenvalue weighted by atomic mass is 10.0. The van der Waals surface area contributed by atoms with Gasteiger partial charge in [-0.15, -0.1) is 11.3 Å². The smallest absolute Gasteiger partial charge is 0.264 e.